The average molecular weight is 341 g/mol. The van der Waals surface area contributed by atoms with Crippen LogP contribution >= 0.6 is 0 Å². The Labute approximate surface area is 129 Å². The number of rotatable bonds is 5. The van der Waals surface area contributed by atoms with Gasteiger partial charge < -0.3 is 5.32 Å². The molecule has 7 nitrogen and oxygen atoms in total. The van der Waals surface area contributed by atoms with Gasteiger partial charge in [0.15, 0.2) is 0 Å². The van der Waals surface area contributed by atoms with Crippen LogP contribution in [0.25, 0.3) is 0 Å². The molecule has 2 aromatic carbocycles. The number of nitrogens with one attached hydrogen (secondary N) is 1. The Hall–Kier alpha value is -1.94. The third-order valence-electron chi connectivity index (χ3n) is 2.93. The molecule has 2 aromatic rings. The maximum Gasteiger partial charge on any atom is 0.238 e. The fourth-order valence-electron chi connectivity index (χ4n) is 1.76. The van der Waals surface area contributed by atoms with Crippen molar-refractivity contribution in [2.45, 2.75) is 16.3 Å². The molecule has 0 saturated heterocycles. The summed E-state index contributed by atoms with van der Waals surface area (Å²) in [5, 5.41) is 13.1. The molecule has 9 heteroatoms. The summed E-state index contributed by atoms with van der Waals surface area (Å²) in [5.41, 5.74) is 1.56. The van der Waals surface area contributed by atoms with Crippen LogP contribution in [0.3, 0.4) is 0 Å². The Morgan fingerprint density at radius 3 is 1.55 bits per heavy atom. The zero-order chi connectivity index (χ0) is 16.4. The van der Waals surface area contributed by atoms with E-state index in [9.17, 15) is 16.8 Å². The molecule has 0 bridgehead atoms. The van der Waals surface area contributed by atoms with Crippen LogP contribution in [0.15, 0.2) is 58.3 Å². The van der Waals surface area contributed by atoms with Gasteiger partial charge in [-0.15, -0.1) is 0 Å². The van der Waals surface area contributed by atoms with Gasteiger partial charge in [0.25, 0.3) is 0 Å². The molecule has 0 aliphatic carbocycles. The summed E-state index contributed by atoms with van der Waals surface area (Å²) >= 11 is 0. The lowest BCUT2D eigenvalue weighted by Crippen LogP contribution is -2.12. The third-order valence-corrected chi connectivity index (χ3v) is 4.79. The Morgan fingerprint density at radius 1 is 0.727 bits per heavy atom. The standard InChI is InChI=1S/C13H15N3O4S2/c14-21(17,18)12-5-1-10(2-6-12)9-16-11-3-7-13(8-4-11)22(15,19)20/h1-8,16H,9H2,(H2,14,17,18)(H2,15,19,20). The van der Waals surface area contributed by atoms with Crippen molar-refractivity contribution in [2.24, 2.45) is 10.3 Å². The number of primary sulfonamides is 2. The highest BCUT2D eigenvalue weighted by molar-refractivity contribution is 7.89. The summed E-state index contributed by atoms with van der Waals surface area (Å²) in [6, 6.07) is 12.1. The Kier molecular flexibility index (Phi) is 4.52. The first-order valence-electron chi connectivity index (χ1n) is 6.15. The van der Waals surface area contributed by atoms with Crippen LogP contribution in [0.5, 0.6) is 0 Å². The van der Waals surface area contributed by atoms with Crippen molar-refractivity contribution < 1.29 is 16.8 Å². The quantitative estimate of drug-likeness (QED) is 0.732. The van der Waals surface area contributed by atoms with Gasteiger partial charge >= 0.3 is 0 Å². The monoisotopic (exact) mass is 341 g/mol. The summed E-state index contributed by atoms with van der Waals surface area (Å²) in [4.78, 5) is 0.0873. The van der Waals surface area contributed by atoms with E-state index in [2.05, 4.69) is 5.32 Å². The zero-order valence-electron chi connectivity index (χ0n) is 11.4. The average Bonchev–Trinajstić information content (AvgIpc) is 2.44. The summed E-state index contributed by atoms with van der Waals surface area (Å²) in [7, 11) is -7.40. The minimum absolute atomic E-state index is 0.0376. The number of hydrogen-bond donors (Lipinski definition) is 3. The maximum absolute atomic E-state index is 11.1. The molecule has 0 atom stereocenters. The Bertz CT molecular complexity index is 783. The molecule has 0 amide bonds. The van der Waals surface area contributed by atoms with Crippen LogP contribution < -0.4 is 15.6 Å². The molecule has 0 spiro atoms. The molecule has 0 aliphatic rings. The van der Waals surface area contributed by atoms with E-state index < -0.39 is 20.0 Å². The number of hydrogen-bond acceptors (Lipinski definition) is 5. The molecule has 5 N–H and O–H groups in total. The van der Waals surface area contributed by atoms with Crippen LogP contribution in [0, 0.1) is 0 Å². The molecule has 0 saturated carbocycles. The van der Waals surface area contributed by atoms with E-state index in [1.807, 2.05) is 0 Å². The number of anilines is 1. The van der Waals surface area contributed by atoms with E-state index in [1.165, 1.54) is 24.3 Å². The smallest absolute Gasteiger partial charge is 0.238 e. The van der Waals surface area contributed by atoms with Gasteiger partial charge in [0, 0.05) is 12.2 Å². The second-order valence-corrected chi connectivity index (χ2v) is 7.73. The lowest BCUT2D eigenvalue weighted by atomic mass is 10.2. The van der Waals surface area contributed by atoms with Crippen LogP contribution in [0.4, 0.5) is 5.69 Å². The molecule has 0 aromatic heterocycles. The fraction of sp³-hybridized carbons (Fsp3) is 0.0769. The topological polar surface area (TPSA) is 132 Å². The lowest BCUT2D eigenvalue weighted by Gasteiger charge is -2.08. The largest absolute Gasteiger partial charge is 0.381 e. The van der Waals surface area contributed by atoms with Gasteiger partial charge in [0.05, 0.1) is 9.79 Å². The van der Waals surface area contributed by atoms with Crippen molar-refractivity contribution in [3.05, 3.63) is 54.1 Å². The van der Waals surface area contributed by atoms with Gasteiger partial charge in [-0.05, 0) is 42.0 Å². The van der Waals surface area contributed by atoms with Crippen molar-refractivity contribution in [3.8, 4) is 0 Å². The molecule has 118 valence electrons. The molecular formula is C13H15N3O4S2. The normalized spacial score (nSPS) is 12.1. The minimum Gasteiger partial charge on any atom is -0.381 e. The molecular weight excluding hydrogens is 326 g/mol. The van der Waals surface area contributed by atoms with Gasteiger partial charge in [0.1, 0.15) is 0 Å². The van der Waals surface area contributed by atoms with E-state index in [0.717, 1.165) is 5.56 Å². The molecule has 0 heterocycles. The van der Waals surface area contributed by atoms with E-state index >= 15 is 0 Å². The van der Waals surface area contributed by atoms with Crippen molar-refractivity contribution in [3.63, 3.8) is 0 Å². The second-order valence-electron chi connectivity index (χ2n) is 4.61. The van der Waals surface area contributed by atoms with Crippen molar-refractivity contribution in [1.82, 2.24) is 0 Å². The van der Waals surface area contributed by atoms with Crippen molar-refractivity contribution in [1.29, 1.82) is 0 Å². The number of benzene rings is 2. The first-order chi connectivity index (χ1) is 10.2. The first-order valence-corrected chi connectivity index (χ1v) is 9.24. The lowest BCUT2D eigenvalue weighted by molar-refractivity contribution is 0.596. The van der Waals surface area contributed by atoms with E-state index in [-0.39, 0.29) is 9.79 Å². The zero-order valence-corrected chi connectivity index (χ0v) is 13.1. The maximum atomic E-state index is 11.1. The predicted octanol–water partition coefficient (Wildman–Crippen LogP) is 0.594. The van der Waals surface area contributed by atoms with E-state index in [0.29, 0.717) is 12.2 Å². The summed E-state index contributed by atoms with van der Waals surface area (Å²) in [6.45, 7) is 0.444. The number of sulfonamides is 2. The number of nitrogens with two attached hydrogens (primary N) is 2. The first kappa shape index (κ1) is 16.4. The Balaban J connectivity index is 2.04. The van der Waals surface area contributed by atoms with E-state index in [1.54, 1.807) is 24.3 Å². The minimum atomic E-state index is -3.70. The summed E-state index contributed by atoms with van der Waals surface area (Å²) in [5.74, 6) is 0. The predicted molar refractivity (Wildman–Crippen MR) is 83.0 cm³/mol. The molecule has 0 radical (unpaired) electrons. The van der Waals surface area contributed by atoms with Crippen molar-refractivity contribution in [2.75, 3.05) is 5.32 Å². The third kappa shape index (κ3) is 4.28. The van der Waals surface area contributed by atoms with Crippen LogP contribution in [-0.4, -0.2) is 16.8 Å². The van der Waals surface area contributed by atoms with Gasteiger partial charge in [-0.1, -0.05) is 12.1 Å². The second kappa shape index (κ2) is 6.05. The van der Waals surface area contributed by atoms with E-state index in [4.69, 9.17) is 10.3 Å². The van der Waals surface area contributed by atoms with Gasteiger partial charge in [-0.3, -0.25) is 0 Å². The van der Waals surface area contributed by atoms with Crippen LogP contribution in [0.2, 0.25) is 0 Å². The summed E-state index contributed by atoms with van der Waals surface area (Å²) in [6.07, 6.45) is 0. The van der Waals surface area contributed by atoms with Crippen LogP contribution in [0.1, 0.15) is 5.56 Å². The van der Waals surface area contributed by atoms with Gasteiger partial charge in [0.2, 0.25) is 20.0 Å². The SMILES string of the molecule is NS(=O)(=O)c1ccc(CNc2ccc(S(N)(=O)=O)cc2)cc1. The molecule has 0 unspecified atom stereocenters. The molecule has 2 rings (SSSR count). The summed E-state index contributed by atoms with van der Waals surface area (Å²) < 4.78 is 44.5. The molecule has 0 aliphatic heterocycles. The highest BCUT2D eigenvalue weighted by Gasteiger charge is 2.08. The van der Waals surface area contributed by atoms with Crippen molar-refractivity contribution >= 4 is 25.7 Å². The fourth-order valence-corrected chi connectivity index (χ4v) is 2.79. The Morgan fingerprint density at radius 2 is 1.14 bits per heavy atom. The molecule has 0 fully saturated rings. The van der Waals surface area contributed by atoms with Crippen LogP contribution in [-0.2, 0) is 26.6 Å². The highest BCUT2D eigenvalue weighted by Crippen LogP contribution is 2.14. The highest BCUT2D eigenvalue weighted by atomic mass is 32.2. The molecule has 22 heavy (non-hydrogen) atoms. The van der Waals surface area contributed by atoms with Gasteiger partial charge in [-0.2, -0.15) is 0 Å². The van der Waals surface area contributed by atoms with Gasteiger partial charge in [-0.25, -0.2) is 27.1 Å².